The van der Waals surface area contributed by atoms with E-state index in [2.05, 4.69) is 35.0 Å². The van der Waals surface area contributed by atoms with Gasteiger partial charge >= 0.3 is 0 Å². The van der Waals surface area contributed by atoms with Gasteiger partial charge in [0.15, 0.2) is 0 Å². The Hall–Kier alpha value is -0.830. The minimum atomic E-state index is 0.606. The van der Waals surface area contributed by atoms with Crippen LogP contribution in [0.5, 0.6) is 0 Å². The lowest BCUT2D eigenvalue weighted by Gasteiger charge is -2.29. The molecule has 1 aliphatic carbocycles. The lowest BCUT2D eigenvalue weighted by Crippen LogP contribution is -2.39. The quantitative estimate of drug-likeness (QED) is 0.859. The molecule has 1 atom stereocenters. The molecule has 114 valence electrons. The van der Waals surface area contributed by atoms with Crippen molar-refractivity contribution in [3.63, 3.8) is 0 Å². The van der Waals surface area contributed by atoms with Gasteiger partial charge in [0.1, 0.15) is 5.82 Å². The van der Waals surface area contributed by atoms with Crippen molar-refractivity contribution < 1.29 is 0 Å². The maximum absolute atomic E-state index is 4.52. The van der Waals surface area contributed by atoms with Crippen LogP contribution in [0.15, 0.2) is 12.4 Å². The Balaban J connectivity index is 1.99. The largest absolute Gasteiger partial charge is 0.338 e. The molecular weight excluding hydrogens is 246 g/mol. The predicted molar refractivity (Wildman–Crippen MR) is 84.8 cm³/mol. The zero-order valence-electron chi connectivity index (χ0n) is 13.3. The van der Waals surface area contributed by atoms with E-state index in [9.17, 15) is 0 Å². The van der Waals surface area contributed by atoms with Gasteiger partial charge in [-0.05, 0) is 31.7 Å². The molecule has 0 bridgehead atoms. The van der Waals surface area contributed by atoms with Gasteiger partial charge in [0, 0.05) is 31.9 Å². The Morgan fingerprint density at radius 3 is 2.55 bits per heavy atom. The zero-order chi connectivity index (χ0) is 14.2. The summed E-state index contributed by atoms with van der Waals surface area (Å²) in [6.45, 7) is 3.38. The summed E-state index contributed by atoms with van der Waals surface area (Å²) >= 11 is 0. The van der Waals surface area contributed by atoms with E-state index < -0.39 is 0 Å². The number of aromatic nitrogens is 2. The van der Waals surface area contributed by atoms with Crippen LogP contribution < -0.4 is 5.32 Å². The maximum atomic E-state index is 4.52. The predicted octanol–water partition coefficient (Wildman–Crippen LogP) is 3.69. The van der Waals surface area contributed by atoms with Gasteiger partial charge in [0.05, 0.1) is 0 Å². The second-order valence-electron chi connectivity index (χ2n) is 6.32. The summed E-state index contributed by atoms with van der Waals surface area (Å²) in [5.41, 5.74) is 0. The molecule has 20 heavy (non-hydrogen) atoms. The highest BCUT2D eigenvalue weighted by atomic mass is 15.0. The molecule has 0 amide bonds. The lowest BCUT2D eigenvalue weighted by molar-refractivity contribution is 0.279. The maximum Gasteiger partial charge on any atom is 0.109 e. The van der Waals surface area contributed by atoms with Gasteiger partial charge in [-0.1, -0.05) is 39.0 Å². The summed E-state index contributed by atoms with van der Waals surface area (Å²) < 4.78 is 2.17. The second-order valence-corrected chi connectivity index (χ2v) is 6.32. The molecule has 3 nitrogen and oxygen atoms in total. The Morgan fingerprint density at radius 2 is 1.95 bits per heavy atom. The van der Waals surface area contributed by atoms with Crippen molar-refractivity contribution in [3.8, 4) is 0 Å². The first kappa shape index (κ1) is 15.6. The first-order valence-electron chi connectivity index (χ1n) is 8.51. The Kier molecular flexibility index (Phi) is 6.58. The average Bonchev–Trinajstić information content (AvgIpc) is 2.80. The first-order chi connectivity index (χ1) is 9.81. The highest BCUT2D eigenvalue weighted by Gasteiger charge is 2.23. The van der Waals surface area contributed by atoms with Crippen LogP contribution in [0.3, 0.4) is 0 Å². The molecule has 0 aliphatic heterocycles. The van der Waals surface area contributed by atoms with Crippen LogP contribution in [0.2, 0.25) is 0 Å². The van der Waals surface area contributed by atoms with Crippen LogP contribution in [0.25, 0.3) is 0 Å². The van der Waals surface area contributed by atoms with Crippen molar-refractivity contribution in [2.45, 2.75) is 70.8 Å². The van der Waals surface area contributed by atoms with Crippen molar-refractivity contribution in [1.29, 1.82) is 0 Å². The molecular formula is C17H31N3. The van der Waals surface area contributed by atoms with E-state index in [4.69, 9.17) is 0 Å². The summed E-state index contributed by atoms with van der Waals surface area (Å²) in [4.78, 5) is 4.52. The van der Waals surface area contributed by atoms with E-state index in [0.29, 0.717) is 6.04 Å². The molecule has 1 aromatic heterocycles. The van der Waals surface area contributed by atoms with Crippen LogP contribution >= 0.6 is 0 Å². The number of nitrogens with zero attached hydrogens (tertiary/aromatic N) is 2. The molecule has 0 radical (unpaired) electrons. The minimum Gasteiger partial charge on any atom is -0.338 e. The number of aryl methyl sites for hydroxylation is 1. The van der Waals surface area contributed by atoms with Gasteiger partial charge in [-0.25, -0.2) is 4.98 Å². The summed E-state index contributed by atoms with van der Waals surface area (Å²) in [5.74, 6) is 2.05. The summed E-state index contributed by atoms with van der Waals surface area (Å²) in [7, 11) is 2.11. The standard InChI is InChI=1S/C17H31N3/c1-3-11-18-16(14-17-19-12-13-20(17)2)15-9-7-5-4-6-8-10-15/h12-13,15-16,18H,3-11,14H2,1-2H3. The fourth-order valence-corrected chi connectivity index (χ4v) is 3.42. The van der Waals surface area contributed by atoms with Gasteiger partial charge < -0.3 is 9.88 Å². The third-order valence-corrected chi connectivity index (χ3v) is 4.70. The van der Waals surface area contributed by atoms with Gasteiger partial charge in [0.25, 0.3) is 0 Å². The molecule has 1 heterocycles. The van der Waals surface area contributed by atoms with E-state index in [-0.39, 0.29) is 0 Å². The molecule has 3 heteroatoms. The molecule has 1 saturated carbocycles. The van der Waals surface area contributed by atoms with Crippen molar-refractivity contribution >= 4 is 0 Å². The summed E-state index contributed by atoms with van der Waals surface area (Å²) in [5, 5.41) is 3.80. The van der Waals surface area contributed by atoms with Crippen molar-refractivity contribution in [3.05, 3.63) is 18.2 Å². The van der Waals surface area contributed by atoms with Crippen LogP contribution in [0.4, 0.5) is 0 Å². The average molecular weight is 277 g/mol. The molecule has 0 spiro atoms. The highest BCUT2D eigenvalue weighted by molar-refractivity contribution is 4.96. The Morgan fingerprint density at radius 1 is 1.25 bits per heavy atom. The molecule has 1 aromatic rings. The van der Waals surface area contributed by atoms with Gasteiger partial charge in [-0.2, -0.15) is 0 Å². The number of hydrogen-bond acceptors (Lipinski definition) is 2. The molecule has 1 unspecified atom stereocenters. The molecule has 0 saturated heterocycles. The normalized spacial score (nSPS) is 19.5. The Labute approximate surface area is 124 Å². The SMILES string of the molecule is CCCNC(Cc1nccn1C)C1CCCCCCC1. The minimum absolute atomic E-state index is 0.606. The van der Waals surface area contributed by atoms with Crippen molar-refractivity contribution in [2.75, 3.05) is 6.54 Å². The third kappa shape index (κ3) is 4.62. The second kappa shape index (κ2) is 8.46. The monoisotopic (exact) mass is 277 g/mol. The number of imidazole rings is 1. The van der Waals surface area contributed by atoms with Crippen LogP contribution in [0, 0.1) is 5.92 Å². The molecule has 1 aliphatic rings. The smallest absolute Gasteiger partial charge is 0.109 e. The van der Waals surface area contributed by atoms with Crippen LogP contribution in [-0.2, 0) is 13.5 Å². The zero-order valence-corrected chi connectivity index (χ0v) is 13.3. The number of hydrogen-bond donors (Lipinski definition) is 1. The molecule has 0 aromatic carbocycles. The topological polar surface area (TPSA) is 29.9 Å². The van der Waals surface area contributed by atoms with Crippen LogP contribution in [-0.4, -0.2) is 22.1 Å². The van der Waals surface area contributed by atoms with E-state index in [0.717, 1.165) is 18.9 Å². The van der Waals surface area contributed by atoms with E-state index in [1.165, 1.54) is 57.2 Å². The summed E-state index contributed by atoms with van der Waals surface area (Å²) in [6, 6.07) is 0.606. The van der Waals surface area contributed by atoms with E-state index in [1.807, 2.05) is 6.20 Å². The highest BCUT2D eigenvalue weighted by Crippen LogP contribution is 2.26. The van der Waals surface area contributed by atoms with E-state index >= 15 is 0 Å². The van der Waals surface area contributed by atoms with Gasteiger partial charge in [0.2, 0.25) is 0 Å². The first-order valence-corrected chi connectivity index (χ1v) is 8.51. The molecule has 2 rings (SSSR count). The molecule has 1 fully saturated rings. The van der Waals surface area contributed by atoms with E-state index in [1.54, 1.807) is 0 Å². The fourth-order valence-electron chi connectivity index (χ4n) is 3.42. The lowest BCUT2D eigenvalue weighted by atomic mass is 9.84. The van der Waals surface area contributed by atoms with Gasteiger partial charge in [-0.3, -0.25) is 0 Å². The van der Waals surface area contributed by atoms with Crippen LogP contribution in [0.1, 0.15) is 64.1 Å². The third-order valence-electron chi connectivity index (χ3n) is 4.70. The number of rotatable bonds is 6. The Bertz CT molecular complexity index is 364. The number of nitrogens with one attached hydrogen (secondary N) is 1. The fraction of sp³-hybridized carbons (Fsp3) is 0.824. The summed E-state index contributed by atoms with van der Waals surface area (Å²) in [6.07, 6.45) is 16.2. The van der Waals surface area contributed by atoms with Crippen molar-refractivity contribution in [1.82, 2.24) is 14.9 Å². The van der Waals surface area contributed by atoms with Gasteiger partial charge in [-0.15, -0.1) is 0 Å². The van der Waals surface area contributed by atoms with Crippen molar-refractivity contribution in [2.24, 2.45) is 13.0 Å². The molecule has 1 N–H and O–H groups in total.